The number of halogens is 2. The van der Waals surface area contributed by atoms with Gasteiger partial charge in [-0.15, -0.1) is 0 Å². The second-order valence-corrected chi connectivity index (χ2v) is 4.70. The van der Waals surface area contributed by atoms with E-state index in [0.29, 0.717) is 21.4 Å². The van der Waals surface area contributed by atoms with Gasteiger partial charge in [-0.05, 0) is 36.4 Å². The lowest BCUT2D eigenvalue weighted by atomic mass is 10.2. The normalized spacial score (nSPS) is 10.2. The molecule has 2 aromatic rings. The predicted octanol–water partition coefficient (Wildman–Crippen LogP) is 3.53. The smallest absolute Gasteiger partial charge is 0.259 e. The minimum Gasteiger partial charge on any atom is -0.507 e. The Labute approximate surface area is 119 Å². The van der Waals surface area contributed by atoms with Crippen molar-refractivity contribution in [2.24, 2.45) is 0 Å². The van der Waals surface area contributed by atoms with Crippen molar-refractivity contribution in [2.75, 3.05) is 11.1 Å². The van der Waals surface area contributed by atoms with E-state index in [0.717, 1.165) is 0 Å². The maximum atomic E-state index is 12.0. The molecule has 0 fully saturated rings. The molecule has 1 amide bonds. The highest BCUT2D eigenvalue weighted by Crippen LogP contribution is 2.27. The Morgan fingerprint density at radius 3 is 2.63 bits per heavy atom. The highest BCUT2D eigenvalue weighted by atomic mass is 35.5. The number of nitrogens with two attached hydrogens (primary N) is 1. The summed E-state index contributed by atoms with van der Waals surface area (Å²) in [5.74, 6) is -0.686. The van der Waals surface area contributed by atoms with Crippen molar-refractivity contribution in [1.82, 2.24) is 0 Å². The number of anilines is 2. The average Bonchev–Trinajstić information content (AvgIpc) is 2.36. The number of hydrogen-bond donors (Lipinski definition) is 3. The van der Waals surface area contributed by atoms with E-state index in [1.165, 1.54) is 24.3 Å². The van der Waals surface area contributed by atoms with Crippen LogP contribution >= 0.6 is 23.2 Å². The van der Waals surface area contributed by atoms with Crippen molar-refractivity contribution in [2.45, 2.75) is 0 Å². The summed E-state index contributed by atoms with van der Waals surface area (Å²) < 4.78 is 0. The molecule has 0 saturated heterocycles. The first kappa shape index (κ1) is 13.5. The standard InChI is InChI=1S/C13H10Cl2N2O2/c14-7-1-4-12(18)9(5-7)13(19)17-11-6-8(16)2-3-10(11)15/h1-6,18H,16H2,(H,17,19). The summed E-state index contributed by atoms with van der Waals surface area (Å²) >= 11 is 11.7. The quantitative estimate of drug-likeness (QED) is 0.742. The summed E-state index contributed by atoms with van der Waals surface area (Å²) in [6, 6.07) is 8.92. The molecule has 4 nitrogen and oxygen atoms in total. The molecule has 0 aliphatic heterocycles. The number of amides is 1. The Hall–Kier alpha value is -1.91. The fourth-order valence-corrected chi connectivity index (χ4v) is 1.86. The molecule has 0 aliphatic rings. The number of rotatable bonds is 2. The number of nitrogens with one attached hydrogen (secondary N) is 1. The summed E-state index contributed by atoms with van der Waals surface area (Å²) in [6.07, 6.45) is 0. The van der Waals surface area contributed by atoms with Crippen LogP contribution in [0.3, 0.4) is 0 Å². The third-order valence-corrected chi connectivity index (χ3v) is 3.01. The Balaban J connectivity index is 2.30. The summed E-state index contributed by atoms with van der Waals surface area (Å²) in [6.45, 7) is 0. The monoisotopic (exact) mass is 296 g/mol. The van der Waals surface area contributed by atoms with Crippen molar-refractivity contribution < 1.29 is 9.90 Å². The number of aromatic hydroxyl groups is 1. The molecule has 4 N–H and O–H groups in total. The van der Waals surface area contributed by atoms with Gasteiger partial charge < -0.3 is 16.2 Å². The van der Waals surface area contributed by atoms with Crippen molar-refractivity contribution >= 4 is 40.5 Å². The van der Waals surface area contributed by atoms with E-state index in [9.17, 15) is 9.90 Å². The van der Waals surface area contributed by atoms with Crippen LogP contribution in [0.4, 0.5) is 11.4 Å². The van der Waals surface area contributed by atoms with E-state index in [4.69, 9.17) is 28.9 Å². The molecule has 0 atom stereocenters. The number of phenols is 1. The van der Waals surface area contributed by atoms with Gasteiger partial charge >= 0.3 is 0 Å². The molecule has 2 rings (SSSR count). The SMILES string of the molecule is Nc1ccc(Cl)c(NC(=O)c2cc(Cl)ccc2O)c1. The largest absolute Gasteiger partial charge is 0.507 e. The molecule has 2 aromatic carbocycles. The molecule has 0 spiro atoms. The molecule has 0 radical (unpaired) electrons. The zero-order chi connectivity index (χ0) is 14.0. The van der Waals surface area contributed by atoms with Crippen LogP contribution in [0.25, 0.3) is 0 Å². The second kappa shape index (κ2) is 5.38. The first-order valence-corrected chi connectivity index (χ1v) is 6.08. The molecule has 0 heterocycles. The second-order valence-electron chi connectivity index (χ2n) is 3.85. The van der Waals surface area contributed by atoms with Gasteiger partial charge in [0.15, 0.2) is 0 Å². The fraction of sp³-hybridized carbons (Fsp3) is 0. The third-order valence-electron chi connectivity index (χ3n) is 2.44. The lowest BCUT2D eigenvalue weighted by Gasteiger charge is -2.09. The average molecular weight is 297 g/mol. The number of nitrogen functional groups attached to an aromatic ring is 1. The van der Waals surface area contributed by atoms with Gasteiger partial charge in [-0.1, -0.05) is 23.2 Å². The molecule has 19 heavy (non-hydrogen) atoms. The Morgan fingerprint density at radius 1 is 1.16 bits per heavy atom. The molecular formula is C13H10Cl2N2O2. The van der Waals surface area contributed by atoms with Crippen molar-refractivity contribution in [1.29, 1.82) is 0 Å². The highest BCUT2D eigenvalue weighted by Gasteiger charge is 2.13. The van der Waals surface area contributed by atoms with Gasteiger partial charge in [-0.3, -0.25) is 4.79 Å². The van der Waals surface area contributed by atoms with E-state index in [2.05, 4.69) is 5.32 Å². The van der Waals surface area contributed by atoms with Crippen LogP contribution in [0.5, 0.6) is 5.75 Å². The topological polar surface area (TPSA) is 75.3 Å². The van der Waals surface area contributed by atoms with Gasteiger partial charge in [0, 0.05) is 10.7 Å². The summed E-state index contributed by atoms with van der Waals surface area (Å²) in [5.41, 5.74) is 6.51. The number of phenolic OH excluding ortho intramolecular Hbond substituents is 1. The molecule has 0 aliphatic carbocycles. The van der Waals surface area contributed by atoms with Crippen LogP contribution in [-0.4, -0.2) is 11.0 Å². The van der Waals surface area contributed by atoms with E-state index in [1.807, 2.05) is 0 Å². The van der Waals surface area contributed by atoms with Crippen molar-refractivity contribution in [3.05, 3.63) is 52.0 Å². The predicted molar refractivity (Wildman–Crippen MR) is 76.9 cm³/mol. The first-order valence-electron chi connectivity index (χ1n) is 5.32. The number of carbonyl (C=O) groups excluding carboxylic acids is 1. The zero-order valence-electron chi connectivity index (χ0n) is 9.65. The minimum absolute atomic E-state index is 0.0611. The molecular weight excluding hydrogens is 287 g/mol. The lowest BCUT2D eigenvalue weighted by molar-refractivity contribution is 0.102. The molecule has 0 bridgehead atoms. The molecule has 6 heteroatoms. The molecule has 0 saturated carbocycles. The maximum Gasteiger partial charge on any atom is 0.259 e. The first-order chi connectivity index (χ1) is 8.97. The highest BCUT2D eigenvalue weighted by molar-refractivity contribution is 6.34. The number of benzene rings is 2. The van der Waals surface area contributed by atoms with E-state index >= 15 is 0 Å². The fourth-order valence-electron chi connectivity index (χ4n) is 1.52. The van der Waals surface area contributed by atoms with Gasteiger partial charge in [0.25, 0.3) is 5.91 Å². The Kier molecular flexibility index (Phi) is 3.83. The van der Waals surface area contributed by atoms with Gasteiger partial charge in [0.1, 0.15) is 5.75 Å². The zero-order valence-corrected chi connectivity index (χ0v) is 11.2. The minimum atomic E-state index is -0.521. The maximum absolute atomic E-state index is 12.0. The van der Waals surface area contributed by atoms with E-state index in [-0.39, 0.29) is 11.3 Å². The van der Waals surface area contributed by atoms with Gasteiger partial charge in [-0.2, -0.15) is 0 Å². The van der Waals surface area contributed by atoms with Crippen LogP contribution in [0, 0.1) is 0 Å². The van der Waals surface area contributed by atoms with Crippen LogP contribution in [0.1, 0.15) is 10.4 Å². The van der Waals surface area contributed by atoms with E-state index < -0.39 is 5.91 Å². The van der Waals surface area contributed by atoms with Crippen molar-refractivity contribution in [3.8, 4) is 5.75 Å². The molecule has 0 unspecified atom stereocenters. The van der Waals surface area contributed by atoms with E-state index in [1.54, 1.807) is 12.1 Å². The van der Waals surface area contributed by atoms with Crippen molar-refractivity contribution in [3.63, 3.8) is 0 Å². The summed E-state index contributed by atoms with van der Waals surface area (Å²) in [4.78, 5) is 12.0. The summed E-state index contributed by atoms with van der Waals surface area (Å²) in [7, 11) is 0. The number of hydrogen-bond acceptors (Lipinski definition) is 3. The number of carbonyl (C=O) groups is 1. The van der Waals surface area contributed by atoms with Gasteiger partial charge in [0.05, 0.1) is 16.3 Å². The van der Waals surface area contributed by atoms with Gasteiger partial charge in [-0.25, -0.2) is 0 Å². The van der Waals surface area contributed by atoms with Crippen LogP contribution < -0.4 is 11.1 Å². The molecule has 98 valence electrons. The van der Waals surface area contributed by atoms with Crippen LogP contribution in [0.15, 0.2) is 36.4 Å². The Morgan fingerprint density at radius 2 is 1.89 bits per heavy atom. The Bertz CT molecular complexity index is 645. The lowest BCUT2D eigenvalue weighted by Crippen LogP contribution is -2.12. The third kappa shape index (κ3) is 3.10. The van der Waals surface area contributed by atoms with Crippen LogP contribution in [-0.2, 0) is 0 Å². The van der Waals surface area contributed by atoms with Gasteiger partial charge in [0.2, 0.25) is 0 Å². The van der Waals surface area contributed by atoms with Crippen LogP contribution in [0.2, 0.25) is 10.0 Å². The molecule has 0 aromatic heterocycles. The summed E-state index contributed by atoms with van der Waals surface area (Å²) in [5, 5.41) is 12.9.